The molecule has 1 aliphatic rings. The Morgan fingerprint density at radius 2 is 1.76 bits per heavy atom. The van der Waals surface area contributed by atoms with Crippen LogP contribution in [0.1, 0.15) is 17.8 Å². The van der Waals surface area contributed by atoms with Crippen molar-refractivity contribution in [2.24, 2.45) is 0 Å². The molecule has 0 amide bonds. The third-order valence-corrected chi connectivity index (χ3v) is 8.20. The summed E-state index contributed by atoms with van der Waals surface area (Å²) in [4.78, 5) is 2.10. The lowest BCUT2D eigenvalue weighted by Gasteiger charge is -2.17. The molecule has 1 fully saturated rings. The number of fused-ring (bicyclic) bond motifs is 1. The van der Waals surface area contributed by atoms with Crippen LogP contribution in [0.15, 0.2) is 29.3 Å². The van der Waals surface area contributed by atoms with E-state index in [-0.39, 0.29) is 11.5 Å². The molecule has 0 bridgehead atoms. The van der Waals surface area contributed by atoms with E-state index in [1.165, 1.54) is 0 Å². The Hall–Kier alpha value is -1.18. The van der Waals surface area contributed by atoms with Crippen LogP contribution >= 0.6 is 23.1 Å². The normalized spacial score (nSPS) is 16.9. The van der Waals surface area contributed by atoms with Gasteiger partial charge in [-0.3, -0.25) is 9.11 Å². The van der Waals surface area contributed by atoms with Gasteiger partial charge in [-0.15, -0.1) is 11.8 Å². The van der Waals surface area contributed by atoms with Gasteiger partial charge in [0.25, 0.3) is 25.2 Å². The van der Waals surface area contributed by atoms with Crippen molar-refractivity contribution >= 4 is 59.6 Å². The summed E-state index contributed by atoms with van der Waals surface area (Å²) in [7, 11) is -7.97. The van der Waals surface area contributed by atoms with E-state index in [0.29, 0.717) is 25.9 Å². The molecule has 2 heterocycles. The van der Waals surface area contributed by atoms with Gasteiger partial charge in [-0.1, -0.05) is 23.5 Å². The summed E-state index contributed by atoms with van der Waals surface area (Å²) in [5, 5.41) is 1.99. The van der Waals surface area contributed by atoms with Crippen molar-refractivity contribution in [1.29, 1.82) is 0 Å². The Bertz CT molecular complexity index is 1110. The van der Waals surface area contributed by atoms with Crippen LogP contribution in [0.3, 0.4) is 0 Å². The Labute approximate surface area is 178 Å². The van der Waals surface area contributed by atoms with Gasteiger partial charge in [0.15, 0.2) is 6.54 Å². The van der Waals surface area contributed by atoms with Crippen molar-refractivity contribution < 1.29 is 30.5 Å². The highest BCUT2D eigenvalue weighted by molar-refractivity contribution is 8.03. The van der Waals surface area contributed by atoms with E-state index in [4.69, 9.17) is 9.11 Å². The number of hydrogen-bond acceptors (Lipinski definition) is 7. The van der Waals surface area contributed by atoms with Crippen LogP contribution in [0, 0.1) is 0 Å². The van der Waals surface area contributed by atoms with E-state index in [1.54, 1.807) is 23.1 Å². The van der Waals surface area contributed by atoms with Gasteiger partial charge in [0.05, 0.1) is 22.6 Å². The smallest absolute Gasteiger partial charge is 0.265 e. The average Bonchev–Trinajstić information content (AvgIpc) is 3.18. The predicted molar refractivity (Wildman–Crippen MR) is 116 cm³/mol. The van der Waals surface area contributed by atoms with Crippen molar-refractivity contribution in [2.45, 2.75) is 19.4 Å². The molecule has 0 unspecified atom stereocenters. The maximum Gasteiger partial charge on any atom is 0.265 e. The first-order valence-electron chi connectivity index (χ1n) is 9.03. The Morgan fingerprint density at radius 1 is 1.07 bits per heavy atom. The summed E-state index contributed by atoms with van der Waals surface area (Å²) in [6.07, 6.45) is 2.69. The molecule has 160 valence electrons. The fraction of sp³-hybridized carbons (Fsp3) is 0.471. The van der Waals surface area contributed by atoms with Crippen molar-refractivity contribution in [1.82, 2.24) is 4.90 Å². The Kier molecular flexibility index (Phi) is 7.23. The molecule has 29 heavy (non-hydrogen) atoms. The molecule has 1 saturated heterocycles. The number of thioether (sulfide) groups is 1. The van der Waals surface area contributed by atoms with Crippen LogP contribution in [0.5, 0.6) is 0 Å². The molecule has 2 aromatic rings. The first-order chi connectivity index (χ1) is 13.6. The number of nitrogens with zero attached hydrogens (tertiary/aromatic N) is 2. The van der Waals surface area contributed by atoms with Gasteiger partial charge in [0.2, 0.25) is 5.52 Å². The first kappa shape index (κ1) is 22.5. The summed E-state index contributed by atoms with van der Waals surface area (Å²) in [5.74, 6) is 0.335. The lowest BCUT2D eigenvalue weighted by molar-refractivity contribution is -0.668. The van der Waals surface area contributed by atoms with Crippen molar-refractivity contribution in [3.63, 3.8) is 0 Å². The second-order valence-corrected chi connectivity index (χ2v) is 12.0. The molecule has 0 spiro atoms. The third-order valence-electron chi connectivity index (χ3n) is 4.42. The van der Waals surface area contributed by atoms with E-state index < -0.39 is 20.2 Å². The van der Waals surface area contributed by atoms with E-state index in [1.807, 2.05) is 34.9 Å². The van der Waals surface area contributed by atoms with E-state index in [9.17, 15) is 16.8 Å². The van der Waals surface area contributed by atoms with Crippen LogP contribution in [0.2, 0.25) is 0 Å². The molecule has 2 N–H and O–H groups in total. The molecule has 3 rings (SSSR count). The second kappa shape index (κ2) is 9.31. The van der Waals surface area contributed by atoms with E-state index >= 15 is 0 Å². The van der Waals surface area contributed by atoms with Crippen molar-refractivity contribution in [3.05, 3.63) is 34.3 Å². The molecular weight excluding hydrogens is 456 g/mol. The summed E-state index contributed by atoms with van der Waals surface area (Å²) in [6, 6.07) is 7.86. The fourth-order valence-electron chi connectivity index (χ4n) is 3.16. The molecule has 1 aromatic carbocycles. The van der Waals surface area contributed by atoms with Gasteiger partial charge in [0.1, 0.15) is 4.70 Å². The number of benzene rings is 1. The first-order valence-corrected chi connectivity index (χ1v) is 14.1. The van der Waals surface area contributed by atoms with Gasteiger partial charge in [-0.2, -0.15) is 21.4 Å². The highest BCUT2D eigenvalue weighted by Crippen LogP contribution is 2.31. The lowest BCUT2D eigenvalue weighted by atomic mass is 10.3. The number of rotatable bonds is 9. The molecule has 8 nitrogen and oxygen atoms in total. The SMILES string of the molecule is O=S(=O)(O)CCCN1CCSC1=Cc1sc2ccccc2[n+]1CCCS(=O)(=O)O. The molecule has 1 aliphatic heterocycles. The topological polar surface area (TPSA) is 116 Å². The monoisotopic (exact) mass is 479 g/mol. The quantitative estimate of drug-likeness (QED) is 0.415. The fourth-order valence-corrected chi connectivity index (χ4v) is 6.42. The van der Waals surface area contributed by atoms with Gasteiger partial charge < -0.3 is 4.90 Å². The minimum Gasteiger partial charge on any atom is -0.365 e. The van der Waals surface area contributed by atoms with Crippen LogP contribution in [0.25, 0.3) is 16.3 Å². The largest absolute Gasteiger partial charge is 0.365 e. The van der Waals surface area contributed by atoms with Gasteiger partial charge >= 0.3 is 0 Å². The number of para-hydroxylation sites is 1. The zero-order valence-corrected chi connectivity index (χ0v) is 18.9. The van der Waals surface area contributed by atoms with Crippen molar-refractivity contribution in [3.8, 4) is 0 Å². The molecule has 0 saturated carbocycles. The number of aryl methyl sites for hydroxylation is 1. The number of hydrogen-bond donors (Lipinski definition) is 2. The third kappa shape index (κ3) is 6.66. The van der Waals surface area contributed by atoms with E-state index in [2.05, 4.69) is 4.90 Å². The zero-order valence-electron chi connectivity index (χ0n) is 15.6. The number of aromatic nitrogens is 1. The van der Waals surface area contributed by atoms with Crippen LogP contribution in [0.4, 0.5) is 0 Å². The summed E-state index contributed by atoms with van der Waals surface area (Å²) >= 11 is 3.28. The minimum absolute atomic E-state index is 0.264. The Balaban J connectivity index is 1.82. The molecule has 0 radical (unpaired) electrons. The van der Waals surface area contributed by atoms with Crippen molar-refractivity contribution in [2.75, 3.05) is 30.3 Å². The van der Waals surface area contributed by atoms with Gasteiger partial charge in [-0.25, -0.2) is 0 Å². The number of thiazole rings is 1. The van der Waals surface area contributed by atoms with E-state index in [0.717, 1.165) is 32.6 Å². The molecular formula is C17H23N2O6S4+. The minimum atomic E-state index is -4.00. The molecule has 0 aliphatic carbocycles. The average molecular weight is 480 g/mol. The molecule has 12 heteroatoms. The van der Waals surface area contributed by atoms with Gasteiger partial charge in [-0.05, 0) is 12.5 Å². The lowest BCUT2D eigenvalue weighted by Crippen LogP contribution is -2.36. The predicted octanol–water partition coefficient (Wildman–Crippen LogP) is 2.09. The highest BCUT2D eigenvalue weighted by atomic mass is 32.2. The van der Waals surface area contributed by atoms with Crippen LogP contribution < -0.4 is 4.57 Å². The van der Waals surface area contributed by atoms with Crippen LogP contribution in [-0.2, 0) is 26.8 Å². The summed E-state index contributed by atoms with van der Waals surface area (Å²) in [5.41, 5.74) is 1.00. The molecule has 0 atom stereocenters. The zero-order chi connectivity index (χ0) is 21.1. The second-order valence-electron chi connectivity index (χ2n) is 6.66. The summed E-state index contributed by atoms with van der Waals surface area (Å²) < 4.78 is 65.1. The standard InChI is InChI=1S/C17H22N2O6S4/c20-28(21,22)11-3-7-18-9-10-26-16(18)13-17-19(8-4-12-29(23,24)25)14-5-1-2-6-15(14)27-17/h1-2,5-6,13H,3-4,7-12H2,(H-,20,21,22,23,24,25)/p+1. The van der Waals surface area contributed by atoms with Gasteiger partial charge in [0, 0.05) is 31.3 Å². The highest BCUT2D eigenvalue weighted by Gasteiger charge is 2.24. The Morgan fingerprint density at radius 3 is 2.48 bits per heavy atom. The summed E-state index contributed by atoms with van der Waals surface area (Å²) in [6.45, 7) is 1.79. The van der Waals surface area contributed by atoms with Crippen LogP contribution in [-0.4, -0.2) is 61.2 Å². The maximum absolute atomic E-state index is 11.1. The maximum atomic E-state index is 11.1. The molecule has 1 aromatic heterocycles.